The molecule has 0 aliphatic carbocycles. The summed E-state index contributed by atoms with van der Waals surface area (Å²) < 4.78 is 4.94. The van der Waals surface area contributed by atoms with Gasteiger partial charge in [-0.1, -0.05) is 12.1 Å². The highest BCUT2D eigenvalue weighted by Gasteiger charge is 2.16. The van der Waals surface area contributed by atoms with E-state index in [4.69, 9.17) is 4.74 Å². The first-order valence-electron chi connectivity index (χ1n) is 4.66. The second-order valence-electron chi connectivity index (χ2n) is 3.73. The Bertz CT molecular complexity index is 355. The van der Waals surface area contributed by atoms with Crippen molar-refractivity contribution in [3.63, 3.8) is 0 Å². The molecule has 1 amide bonds. The van der Waals surface area contributed by atoms with Gasteiger partial charge in [-0.15, -0.1) is 0 Å². The van der Waals surface area contributed by atoms with E-state index in [0.717, 1.165) is 0 Å². The van der Waals surface area contributed by atoms with Gasteiger partial charge >= 0.3 is 6.09 Å². The number of carbonyl (C=O) groups is 1. The van der Waals surface area contributed by atoms with Gasteiger partial charge in [-0.2, -0.15) is 0 Å². The Balaban J connectivity index is 2.88. The molecule has 0 unspecified atom stereocenters. The van der Waals surface area contributed by atoms with Gasteiger partial charge in [0.15, 0.2) is 0 Å². The van der Waals surface area contributed by atoms with Crippen molar-refractivity contribution in [1.29, 1.82) is 0 Å². The van der Waals surface area contributed by atoms with E-state index in [1.165, 1.54) is 7.05 Å². The van der Waals surface area contributed by atoms with E-state index >= 15 is 0 Å². The summed E-state index contributed by atoms with van der Waals surface area (Å²) in [5.41, 5.74) is -0.244. The van der Waals surface area contributed by atoms with Crippen LogP contribution >= 0.6 is 0 Å². The van der Waals surface area contributed by atoms with E-state index in [1.807, 2.05) is 0 Å². The van der Waals surface area contributed by atoms with Crippen LogP contribution in [0.3, 0.4) is 0 Å². The highest BCUT2D eigenvalue weighted by molar-refractivity contribution is 5.69. The zero-order valence-corrected chi connectivity index (χ0v) is 9.07. The van der Waals surface area contributed by atoms with Crippen LogP contribution in [0.5, 0.6) is 5.75 Å². The molecule has 0 radical (unpaired) electrons. The molecule has 1 aromatic rings. The summed E-state index contributed by atoms with van der Waals surface area (Å²) in [5.74, 6) is 0.411. The molecule has 0 saturated heterocycles. The molecule has 0 aliphatic heterocycles. The molecule has 0 heterocycles. The average Bonchev–Trinajstić information content (AvgIpc) is 2.17. The summed E-state index contributed by atoms with van der Waals surface area (Å²) in [7, 11) is 1.49. The van der Waals surface area contributed by atoms with Crippen LogP contribution in [0.2, 0.25) is 0 Å². The number of aliphatic hydroxyl groups is 1. The van der Waals surface area contributed by atoms with Crippen molar-refractivity contribution >= 4 is 6.09 Å². The lowest BCUT2D eigenvalue weighted by Crippen LogP contribution is -2.22. The van der Waals surface area contributed by atoms with Crippen molar-refractivity contribution in [2.45, 2.75) is 19.4 Å². The highest BCUT2D eigenvalue weighted by atomic mass is 16.5. The van der Waals surface area contributed by atoms with Gasteiger partial charge in [0.05, 0.1) is 5.60 Å². The van der Waals surface area contributed by atoms with Crippen LogP contribution in [0.1, 0.15) is 19.4 Å². The first-order valence-corrected chi connectivity index (χ1v) is 4.66. The van der Waals surface area contributed by atoms with Crippen LogP contribution in [-0.4, -0.2) is 18.2 Å². The number of carbonyl (C=O) groups excluding carboxylic acids is 1. The van der Waals surface area contributed by atoms with Crippen molar-refractivity contribution in [2.75, 3.05) is 7.05 Å². The summed E-state index contributed by atoms with van der Waals surface area (Å²) in [4.78, 5) is 10.9. The molecule has 4 heteroatoms. The van der Waals surface area contributed by atoms with E-state index in [0.29, 0.717) is 11.3 Å². The molecule has 0 aromatic heterocycles. The lowest BCUT2D eigenvalue weighted by molar-refractivity contribution is 0.0783. The SMILES string of the molecule is CNC(=O)Oc1cccc(C(C)(C)O)c1. The van der Waals surface area contributed by atoms with Crippen molar-refractivity contribution in [2.24, 2.45) is 0 Å². The number of ether oxygens (including phenoxy) is 1. The van der Waals surface area contributed by atoms with Crippen molar-refractivity contribution < 1.29 is 14.6 Å². The average molecular weight is 209 g/mol. The fraction of sp³-hybridized carbons (Fsp3) is 0.364. The maximum absolute atomic E-state index is 10.9. The van der Waals surface area contributed by atoms with Gasteiger partial charge in [-0.05, 0) is 31.5 Å². The fourth-order valence-electron chi connectivity index (χ4n) is 1.10. The molecule has 0 aliphatic rings. The largest absolute Gasteiger partial charge is 0.412 e. The number of benzene rings is 1. The summed E-state index contributed by atoms with van der Waals surface area (Å²) in [6.45, 7) is 3.35. The van der Waals surface area contributed by atoms with Gasteiger partial charge in [0, 0.05) is 7.05 Å². The Morgan fingerprint density at radius 2 is 2.13 bits per heavy atom. The number of rotatable bonds is 2. The molecule has 0 atom stereocenters. The molecule has 1 rings (SSSR count). The molecule has 4 nitrogen and oxygen atoms in total. The molecule has 0 fully saturated rings. The first-order chi connectivity index (χ1) is 6.93. The van der Waals surface area contributed by atoms with Crippen LogP contribution in [0.15, 0.2) is 24.3 Å². The maximum Gasteiger partial charge on any atom is 0.412 e. The Kier molecular flexibility index (Phi) is 3.31. The van der Waals surface area contributed by atoms with Gasteiger partial charge in [0.2, 0.25) is 0 Å². The minimum atomic E-state index is -0.942. The zero-order chi connectivity index (χ0) is 11.5. The highest BCUT2D eigenvalue weighted by Crippen LogP contribution is 2.23. The zero-order valence-electron chi connectivity index (χ0n) is 9.07. The van der Waals surface area contributed by atoms with Crippen LogP contribution in [0, 0.1) is 0 Å². The predicted molar refractivity (Wildman–Crippen MR) is 56.8 cm³/mol. The molecule has 0 bridgehead atoms. The Morgan fingerprint density at radius 1 is 1.47 bits per heavy atom. The lowest BCUT2D eigenvalue weighted by atomic mass is 9.98. The van der Waals surface area contributed by atoms with Crippen molar-refractivity contribution in [1.82, 2.24) is 5.32 Å². The molecule has 2 N–H and O–H groups in total. The van der Waals surface area contributed by atoms with Gasteiger partial charge in [-0.3, -0.25) is 0 Å². The molecular weight excluding hydrogens is 194 g/mol. The normalized spacial score (nSPS) is 10.9. The lowest BCUT2D eigenvalue weighted by Gasteiger charge is -2.18. The molecule has 0 saturated carbocycles. The number of amides is 1. The maximum atomic E-state index is 10.9. The molecule has 15 heavy (non-hydrogen) atoms. The molecule has 0 spiro atoms. The van der Waals surface area contributed by atoms with E-state index in [-0.39, 0.29) is 0 Å². The summed E-state index contributed by atoms with van der Waals surface area (Å²) in [5, 5.41) is 12.1. The molecule has 82 valence electrons. The van der Waals surface area contributed by atoms with Crippen LogP contribution in [0.4, 0.5) is 4.79 Å². The minimum absolute atomic E-state index is 0.411. The topological polar surface area (TPSA) is 58.6 Å². The second kappa shape index (κ2) is 4.31. The van der Waals surface area contributed by atoms with Gasteiger partial charge in [0.25, 0.3) is 0 Å². The van der Waals surface area contributed by atoms with Crippen LogP contribution in [-0.2, 0) is 5.60 Å². The minimum Gasteiger partial charge on any atom is -0.410 e. The summed E-state index contributed by atoms with van der Waals surface area (Å²) in [6.07, 6.45) is -0.525. The quantitative estimate of drug-likeness (QED) is 0.778. The third-order valence-electron chi connectivity index (χ3n) is 1.96. The second-order valence-corrected chi connectivity index (χ2v) is 3.73. The van der Waals surface area contributed by atoms with E-state index in [1.54, 1.807) is 38.1 Å². The standard InChI is InChI=1S/C11H15NO3/c1-11(2,14)8-5-4-6-9(7-8)15-10(13)12-3/h4-7,14H,1-3H3,(H,12,13). The van der Waals surface area contributed by atoms with Crippen molar-refractivity contribution in [3.8, 4) is 5.75 Å². The van der Waals surface area contributed by atoms with E-state index in [2.05, 4.69) is 5.32 Å². The third-order valence-corrected chi connectivity index (χ3v) is 1.96. The molecular formula is C11H15NO3. The van der Waals surface area contributed by atoms with Gasteiger partial charge in [0.1, 0.15) is 5.75 Å². The number of hydrogen-bond donors (Lipinski definition) is 2. The Hall–Kier alpha value is -1.55. The van der Waals surface area contributed by atoms with E-state index < -0.39 is 11.7 Å². The van der Waals surface area contributed by atoms with E-state index in [9.17, 15) is 9.90 Å². The third kappa shape index (κ3) is 3.25. The van der Waals surface area contributed by atoms with Crippen LogP contribution < -0.4 is 10.1 Å². The summed E-state index contributed by atoms with van der Waals surface area (Å²) in [6, 6.07) is 6.79. The van der Waals surface area contributed by atoms with Crippen LogP contribution in [0.25, 0.3) is 0 Å². The summed E-state index contributed by atoms with van der Waals surface area (Å²) >= 11 is 0. The predicted octanol–water partition coefficient (Wildman–Crippen LogP) is 1.63. The number of nitrogens with one attached hydrogen (secondary N) is 1. The molecule has 1 aromatic carbocycles. The first kappa shape index (κ1) is 11.5. The van der Waals surface area contributed by atoms with Gasteiger partial charge < -0.3 is 15.2 Å². The fourth-order valence-corrected chi connectivity index (χ4v) is 1.10. The van der Waals surface area contributed by atoms with Crippen molar-refractivity contribution in [3.05, 3.63) is 29.8 Å². The monoisotopic (exact) mass is 209 g/mol. The van der Waals surface area contributed by atoms with Gasteiger partial charge in [-0.25, -0.2) is 4.79 Å². The Morgan fingerprint density at radius 3 is 2.67 bits per heavy atom. The smallest absolute Gasteiger partial charge is 0.410 e. The number of hydrogen-bond acceptors (Lipinski definition) is 3. The Labute approximate surface area is 88.9 Å².